The third-order valence-electron chi connectivity index (χ3n) is 4.21. The lowest BCUT2D eigenvalue weighted by atomic mass is 10.0. The summed E-state index contributed by atoms with van der Waals surface area (Å²) in [5.41, 5.74) is 0. The summed E-state index contributed by atoms with van der Waals surface area (Å²) in [5, 5.41) is 3.55. The van der Waals surface area contributed by atoms with Gasteiger partial charge >= 0.3 is 0 Å². The molecule has 0 aromatic rings. The average molecular weight is 270 g/mol. The number of nitrogens with one attached hydrogen (secondary N) is 1. The van der Waals surface area contributed by atoms with E-state index in [0.717, 1.165) is 39.3 Å². The Hall–Kier alpha value is -0.160. The van der Waals surface area contributed by atoms with Gasteiger partial charge in [-0.3, -0.25) is 4.90 Å². The Kier molecular flexibility index (Phi) is 6.57. The number of piperidine rings is 1. The van der Waals surface area contributed by atoms with Crippen LogP contribution in [0.1, 0.15) is 39.5 Å². The number of rotatable bonds is 6. The zero-order valence-electron chi connectivity index (χ0n) is 12.6. The van der Waals surface area contributed by atoms with E-state index in [4.69, 9.17) is 9.47 Å². The fourth-order valence-electron chi connectivity index (χ4n) is 3.12. The highest BCUT2D eigenvalue weighted by molar-refractivity contribution is 4.82. The molecule has 0 saturated carbocycles. The minimum Gasteiger partial charge on any atom is -0.379 e. The molecule has 1 N–H and O–H groups in total. The first-order valence-electron chi connectivity index (χ1n) is 7.96. The summed E-state index contributed by atoms with van der Waals surface area (Å²) in [7, 11) is 0. The first-order valence-corrected chi connectivity index (χ1v) is 7.96. The van der Waals surface area contributed by atoms with Crippen LogP contribution in [0.3, 0.4) is 0 Å². The van der Waals surface area contributed by atoms with E-state index in [1.54, 1.807) is 0 Å². The SMILES string of the molecule is CCCOC1CCCN(C(C)CC2COCCN2)C1. The topological polar surface area (TPSA) is 33.7 Å². The van der Waals surface area contributed by atoms with E-state index in [1.807, 2.05) is 0 Å². The van der Waals surface area contributed by atoms with E-state index in [9.17, 15) is 0 Å². The predicted molar refractivity (Wildman–Crippen MR) is 77.5 cm³/mol. The maximum Gasteiger partial charge on any atom is 0.0702 e. The van der Waals surface area contributed by atoms with Gasteiger partial charge in [0.2, 0.25) is 0 Å². The van der Waals surface area contributed by atoms with Gasteiger partial charge in [0, 0.05) is 31.8 Å². The van der Waals surface area contributed by atoms with Crippen LogP contribution in [0.25, 0.3) is 0 Å². The number of likely N-dealkylation sites (tertiary alicyclic amines) is 1. The summed E-state index contributed by atoms with van der Waals surface area (Å²) in [6, 6.07) is 1.15. The third kappa shape index (κ3) is 5.03. The molecule has 0 spiro atoms. The van der Waals surface area contributed by atoms with Gasteiger partial charge in [0.15, 0.2) is 0 Å². The largest absolute Gasteiger partial charge is 0.379 e. The van der Waals surface area contributed by atoms with Crippen molar-refractivity contribution in [2.45, 2.75) is 57.7 Å². The van der Waals surface area contributed by atoms with E-state index >= 15 is 0 Å². The summed E-state index contributed by atoms with van der Waals surface area (Å²) < 4.78 is 11.5. The summed E-state index contributed by atoms with van der Waals surface area (Å²) in [4.78, 5) is 2.60. The normalized spacial score (nSPS) is 31.3. The standard InChI is InChI=1S/C15H30N2O2/c1-3-8-19-15-5-4-7-17(11-15)13(2)10-14-12-18-9-6-16-14/h13-16H,3-12H2,1-2H3. The molecule has 3 atom stereocenters. The van der Waals surface area contributed by atoms with Gasteiger partial charge in [-0.1, -0.05) is 6.92 Å². The first kappa shape index (κ1) is 15.2. The molecule has 19 heavy (non-hydrogen) atoms. The van der Waals surface area contributed by atoms with Crippen molar-refractivity contribution < 1.29 is 9.47 Å². The summed E-state index contributed by atoms with van der Waals surface area (Å²) in [5.74, 6) is 0. The van der Waals surface area contributed by atoms with Gasteiger partial charge in [-0.2, -0.15) is 0 Å². The maximum atomic E-state index is 5.92. The molecule has 2 aliphatic heterocycles. The fourth-order valence-corrected chi connectivity index (χ4v) is 3.12. The highest BCUT2D eigenvalue weighted by Gasteiger charge is 2.26. The lowest BCUT2D eigenvalue weighted by molar-refractivity contribution is -0.0155. The number of nitrogens with zero attached hydrogens (tertiary/aromatic N) is 1. The fraction of sp³-hybridized carbons (Fsp3) is 1.00. The number of ether oxygens (including phenoxy) is 2. The molecule has 2 fully saturated rings. The third-order valence-corrected chi connectivity index (χ3v) is 4.21. The molecule has 2 heterocycles. The zero-order chi connectivity index (χ0) is 13.5. The second-order valence-corrected chi connectivity index (χ2v) is 5.94. The molecule has 2 saturated heterocycles. The molecular weight excluding hydrogens is 240 g/mol. The highest BCUT2D eigenvalue weighted by atomic mass is 16.5. The van der Waals surface area contributed by atoms with E-state index in [1.165, 1.54) is 25.8 Å². The Balaban J connectivity index is 1.72. The van der Waals surface area contributed by atoms with Crippen LogP contribution in [-0.2, 0) is 9.47 Å². The van der Waals surface area contributed by atoms with E-state index in [0.29, 0.717) is 18.2 Å². The minimum atomic E-state index is 0.451. The second-order valence-electron chi connectivity index (χ2n) is 5.94. The molecule has 2 rings (SSSR count). The van der Waals surface area contributed by atoms with Gasteiger partial charge < -0.3 is 14.8 Å². The molecule has 2 aliphatic rings. The van der Waals surface area contributed by atoms with Crippen molar-refractivity contribution in [2.75, 3.05) is 39.5 Å². The molecule has 0 aromatic heterocycles. The van der Waals surface area contributed by atoms with Crippen LogP contribution >= 0.6 is 0 Å². The Morgan fingerprint density at radius 3 is 3.11 bits per heavy atom. The van der Waals surface area contributed by atoms with Gasteiger partial charge in [-0.15, -0.1) is 0 Å². The second kappa shape index (κ2) is 8.20. The van der Waals surface area contributed by atoms with Gasteiger partial charge in [-0.05, 0) is 39.2 Å². The predicted octanol–water partition coefficient (Wildman–Crippen LogP) is 1.64. The average Bonchev–Trinajstić information content (AvgIpc) is 2.46. The minimum absolute atomic E-state index is 0.451. The van der Waals surface area contributed by atoms with E-state index in [2.05, 4.69) is 24.1 Å². The first-order chi connectivity index (χ1) is 9.29. The molecule has 0 amide bonds. The molecular formula is C15H30N2O2. The number of morpholine rings is 1. The van der Waals surface area contributed by atoms with Gasteiger partial charge in [0.25, 0.3) is 0 Å². The van der Waals surface area contributed by atoms with Crippen molar-refractivity contribution in [3.8, 4) is 0 Å². The van der Waals surface area contributed by atoms with Crippen LogP contribution in [-0.4, -0.2) is 62.5 Å². The monoisotopic (exact) mass is 270 g/mol. The van der Waals surface area contributed by atoms with Gasteiger partial charge in [0.05, 0.1) is 19.3 Å². The quantitative estimate of drug-likeness (QED) is 0.795. The zero-order valence-corrected chi connectivity index (χ0v) is 12.6. The summed E-state index contributed by atoms with van der Waals surface area (Å²) >= 11 is 0. The highest BCUT2D eigenvalue weighted by Crippen LogP contribution is 2.18. The molecule has 0 radical (unpaired) electrons. The summed E-state index contributed by atoms with van der Waals surface area (Å²) in [6.07, 6.45) is 5.25. The Morgan fingerprint density at radius 1 is 1.47 bits per heavy atom. The van der Waals surface area contributed by atoms with Crippen LogP contribution in [0.15, 0.2) is 0 Å². The van der Waals surface area contributed by atoms with Crippen LogP contribution in [0.2, 0.25) is 0 Å². The molecule has 4 heteroatoms. The Labute approximate surface area is 117 Å². The van der Waals surface area contributed by atoms with Gasteiger partial charge in [0.1, 0.15) is 0 Å². The Morgan fingerprint density at radius 2 is 2.37 bits per heavy atom. The number of hydrogen-bond donors (Lipinski definition) is 1. The van der Waals surface area contributed by atoms with Crippen molar-refractivity contribution in [1.29, 1.82) is 0 Å². The van der Waals surface area contributed by atoms with Crippen LogP contribution in [0.5, 0.6) is 0 Å². The van der Waals surface area contributed by atoms with Crippen molar-refractivity contribution in [2.24, 2.45) is 0 Å². The van der Waals surface area contributed by atoms with Crippen molar-refractivity contribution in [3.63, 3.8) is 0 Å². The molecule has 112 valence electrons. The van der Waals surface area contributed by atoms with Crippen LogP contribution in [0.4, 0.5) is 0 Å². The van der Waals surface area contributed by atoms with E-state index in [-0.39, 0.29) is 0 Å². The van der Waals surface area contributed by atoms with Crippen molar-refractivity contribution in [1.82, 2.24) is 10.2 Å². The molecule has 0 bridgehead atoms. The van der Waals surface area contributed by atoms with Crippen molar-refractivity contribution in [3.05, 3.63) is 0 Å². The van der Waals surface area contributed by atoms with Crippen LogP contribution in [0, 0.1) is 0 Å². The molecule has 0 aromatic carbocycles. The molecule has 0 aliphatic carbocycles. The lowest BCUT2D eigenvalue weighted by Gasteiger charge is -2.38. The van der Waals surface area contributed by atoms with Crippen molar-refractivity contribution >= 4 is 0 Å². The van der Waals surface area contributed by atoms with Crippen LogP contribution < -0.4 is 5.32 Å². The molecule has 4 nitrogen and oxygen atoms in total. The summed E-state index contributed by atoms with van der Waals surface area (Å²) in [6.45, 7) is 10.5. The molecule has 3 unspecified atom stereocenters. The lowest BCUT2D eigenvalue weighted by Crippen LogP contribution is -2.49. The Bertz CT molecular complexity index is 244. The maximum absolute atomic E-state index is 5.92. The smallest absolute Gasteiger partial charge is 0.0702 e. The van der Waals surface area contributed by atoms with E-state index < -0.39 is 0 Å². The number of hydrogen-bond acceptors (Lipinski definition) is 4. The van der Waals surface area contributed by atoms with Gasteiger partial charge in [-0.25, -0.2) is 0 Å².